The number of rotatable bonds is 3. The summed E-state index contributed by atoms with van der Waals surface area (Å²) in [4.78, 5) is 0. The highest BCUT2D eigenvalue weighted by molar-refractivity contribution is 5.52. The van der Waals surface area contributed by atoms with Crippen LogP contribution < -0.4 is 5.32 Å². The normalized spacial score (nSPS) is 26.5. The smallest absolute Gasteiger partial charge is 0.0781 e. The molecule has 2 rings (SSSR count). The van der Waals surface area contributed by atoms with E-state index in [-0.39, 0.29) is 0 Å². The van der Waals surface area contributed by atoms with Crippen LogP contribution in [0.5, 0.6) is 0 Å². The largest absolute Gasteiger partial charge is 0.389 e. The number of aliphatic hydroxyl groups is 1. The summed E-state index contributed by atoms with van der Waals surface area (Å²) in [5, 5.41) is 13.3. The summed E-state index contributed by atoms with van der Waals surface area (Å²) >= 11 is 0. The van der Waals surface area contributed by atoms with Gasteiger partial charge in [-0.05, 0) is 44.6 Å². The van der Waals surface area contributed by atoms with Crippen LogP contribution in [0.3, 0.4) is 0 Å². The number of nitrogens with one attached hydrogen (secondary N) is 1. The molecule has 1 fully saturated rings. The minimum atomic E-state index is -0.402. The maximum absolute atomic E-state index is 9.74. The van der Waals surface area contributed by atoms with Crippen LogP contribution in [-0.4, -0.2) is 11.1 Å². The number of hydrogen-bond acceptors (Lipinski definition) is 2. The molecule has 0 aliphatic heterocycles. The SMILES string of the molecule is CC1CCC(Nc2ccccc2C(C)O)CC1. The van der Waals surface area contributed by atoms with Crippen LogP contribution in [0.25, 0.3) is 0 Å². The molecule has 1 atom stereocenters. The Morgan fingerprint density at radius 2 is 1.82 bits per heavy atom. The van der Waals surface area contributed by atoms with Gasteiger partial charge in [-0.15, -0.1) is 0 Å². The Hall–Kier alpha value is -1.02. The molecule has 94 valence electrons. The number of benzene rings is 1. The van der Waals surface area contributed by atoms with Gasteiger partial charge in [-0.3, -0.25) is 0 Å². The fraction of sp³-hybridized carbons (Fsp3) is 0.600. The molecule has 0 spiro atoms. The molecule has 1 aliphatic rings. The summed E-state index contributed by atoms with van der Waals surface area (Å²) in [6.07, 6.45) is 4.72. The molecule has 2 nitrogen and oxygen atoms in total. The molecule has 1 aliphatic carbocycles. The van der Waals surface area contributed by atoms with Crippen molar-refractivity contribution < 1.29 is 5.11 Å². The minimum absolute atomic E-state index is 0.402. The molecule has 2 heteroatoms. The van der Waals surface area contributed by atoms with E-state index in [1.807, 2.05) is 25.1 Å². The monoisotopic (exact) mass is 233 g/mol. The fourth-order valence-electron chi connectivity index (χ4n) is 2.62. The summed E-state index contributed by atoms with van der Waals surface area (Å²) < 4.78 is 0. The van der Waals surface area contributed by atoms with Crippen molar-refractivity contribution in [1.29, 1.82) is 0 Å². The van der Waals surface area contributed by atoms with Crippen molar-refractivity contribution in [2.75, 3.05) is 5.32 Å². The quantitative estimate of drug-likeness (QED) is 0.833. The lowest BCUT2D eigenvalue weighted by atomic mass is 9.87. The summed E-state index contributed by atoms with van der Waals surface area (Å²) in [6.45, 7) is 4.16. The van der Waals surface area contributed by atoms with Crippen LogP contribution in [0.4, 0.5) is 5.69 Å². The molecule has 0 saturated heterocycles. The zero-order valence-electron chi connectivity index (χ0n) is 10.8. The van der Waals surface area contributed by atoms with Gasteiger partial charge in [0.2, 0.25) is 0 Å². The van der Waals surface area contributed by atoms with E-state index >= 15 is 0 Å². The van der Waals surface area contributed by atoms with Crippen molar-refractivity contribution in [2.45, 2.75) is 51.7 Å². The van der Waals surface area contributed by atoms with E-state index < -0.39 is 6.10 Å². The Morgan fingerprint density at radius 3 is 2.47 bits per heavy atom. The molecule has 1 aromatic carbocycles. The number of anilines is 1. The van der Waals surface area contributed by atoms with E-state index in [0.717, 1.165) is 17.2 Å². The number of para-hydroxylation sites is 1. The lowest BCUT2D eigenvalue weighted by molar-refractivity contribution is 0.200. The van der Waals surface area contributed by atoms with Gasteiger partial charge in [0.05, 0.1) is 6.10 Å². The first-order chi connectivity index (χ1) is 8.16. The Kier molecular flexibility index (Phi) is 4.06. The zero-order valence-corrected chi connectivity index (χ0v) is 10.8. The molecule has 0 aromatic heterocycles. The maximum atomic E-state index is 9.74. The molecule has 0 radical (unpaired) electrons. The van der Waals surface area contributed by atoms with Crippen molar-refractivity contribution in [3.63, 3.8) is 0 Å². The van der Waals surface area contributed by atoms with Gasteiger partial charge in [0, 0.05) is 17.3 Å². The predicted octanol–water partition coefficient (Wildman–Crippen LogP) is 3.73. The Balaban J connectivity index is 2.03. The standard InChI is InChI=1S/C15H23NO/c1-11-7-9-13(10-8-11)16-15-6-4-3-5-14(15)12(2)17/h3-6,11-13,16-17H,7-10H2,1-2H3. The minimum Gasteiger partial charge on any atom is -0.389 e. The molecule has 0 heterocycles. The first kappa shape index (κ1) is 12.4. The molecule has 1 aromatic rings. The van der Waals surface area contributed by atoms with Crippen LogP contribution in [-0.2, 0) is 0 Å². The van der Waals surface area contributed by atoms with Crippen LogP contribution >= 0.6 is 0 Å². The third-order valence-electron chi connectivity index (χ3n) is 3.79. The van der Waals surface area contributed by atoms with Gasteiger partial charge in [0.15, 0.2) is 0 Å². The van der Waals surface area contributed by atoms with E-state index in [9.17, 15) is 5.11 Å². The Morgan fingerprint density at radius 1 is 1.18 bits per heavy atom. The van der Waals surface area contributed by atoms with Gasteiger partial charge in [-0.2, -0.15) is 0 Å². The second-order valence-corrected chi connectivity index (χ2v) is 5.36. The van der Waals surface area contributed by atoms with E-state index in [1.165, 1.54) is 25.7 Å². The van der Waals surface area contributed by atoms with Crippen molar-refractivity contribution in [3.8, 4) is 0 Å². The van der Waals surface area contributed by atoms with Gasteiger partial charge in [-0.25, -0.2) is 0 Å². The van der Waals surface area contributed by atoms with Gasteiger partial charge in [0.1, 0.15) is 0 Å². The average Bonchev–Trinajstić information content (AvgIpc) is 2.32. The van der Waals surface area contributed by atoms with Gasteiger partial charge < -0.3 is 10.4 Å². The first-order valence-electron chi connectivity index (χ1n) is 6.70. The van der Waals surface area contributed by atoms with Crippen molar-refractivity contribution in [1.82, 2.24) is 0 Å². The second-order valence-electron chi connectivity index (χ2n) is 5.36. The molecule has 0 bridgehead atoms. The summed E-state index contributed by atoms with van der Waals surface area (Å²) in [7, 11) is 0. The lowest BCUT2D eigenvalue weighted by Gasteiger charge is -2.28. The maximum Gasteiger partial charge on any atom is 0.0781 e. The van der Waals surface area contributed by atoms with Crippen molar-refractivity contribution >= 4 is 5.69 Å². The van der Waals surface area contributed by atoms with Crippen LogP contribution in [0.2, 0.25) is 0 Å². The lowest BCUT2D eigenvalue weighted by Crippen LogP contribution is -2.25. The summed E-state index contributed by atoms with van der Waals surface area (Å²) in [5.74, 6) is 0.875. The second kappa shape index (κ2) is 5.54. The molecule has 1 unspecified atom stereocenters. The highest BCUT2D eigenvalue weighted by Gasteiger charge is 2.19. The van der Waals surface area contributed by atoms with E-state index in [1.54, 1.807) is 0 Å². The third-order valence-corrected chi connectivity index (χ3v) is 3.79. The van der Waals surface area contributed by atoms with E-state index in [2.05, 4.69) is 18.3 Å². The predicted molar refractivity (Wildman–Crippen MR) is 72.1 cm³/mol. The Bertz CT molecular complexity index is 354. The number of hydrogen-bond donors (Lipinski definition) is 2. The molecule has 0 amide bonds. The van der Waals surface area contributed by atoms with E-state index in [0.29, 0.717) is 6.04 Å². The molecular weight excluding hydrogens is 210 g/mol. The van der Waals surface area contributed by atoms with Crippen LogP contribution in [0.1, 0.15) is 51.2 Å². The number of aliphatic hydroxyl groups excluding tert-OH is 1. The molecule has 17 heavy (non-hydrogen) atoms. The molecular formula is C15H23NO. The van der Waals surface area contributed by atoms with Gasteiger partial charge in [-0.1, -0.05) is 25.1 Å². The fourth-order valence-corrected chi connectivity index (χ4v) is 2.62. The average molecular weight is 233 g/mol. The van der Waals surface area contributed by atoms with E-state index in [4.69, 9.17) is 0 Å². The highest BCUT2D eigenvalue weighted by Crippen LogP contribution is 2.29. The zero-order chi connectivity index (χ0) is 12.3. The highest BCUT2D eigenvalue weighted by atomic mass is 16.3. The van der Waals surface area contributed by atoms with Gasteiger partial charge in [0.25, 0.3) is 0 Å². The van der Waals surface area contributed by atoms with Crippen LogP contribution in [0, 0.1) is 5.92 Å². The Labute approximate surface area is 104 Å². The first-order valence-corrected chi connectivity index (χ1v) is 6.70. The molecule has 1 saturated carbocycles. The van der Waals surface area contributed by atoms with Gasteiger partial charge >= 0.3 is 0 Å². The van der Waals surface area contributed by atoms with Crippen LogP contribution in [0.15, 0.2) is 24.3 Å². The van der Waals surface area contributed by atoms with Crippen molar-refractivity contribution in [3.05, 3.63) is 29.8 Å². The third kappa shape index (κ3) is 3.22. The van der Waals surface area contributed by atoms with Crippen molar-refractivity contribution in [2.24, 2.45) is 5.92 Å². The summed E-state index contributed by atoms with van der Waals surface area (Å²) in [6, 6.07) is 8.65. The summed E-state index contributed by atoms with van der Waals surface area (Å²) in [5.41, 5.74) is 2.10. The molecule has 2 N–H and O–H groups in total. The topological polar surface area (TPSA) is 32.3 Å².